The highest BCUT2D eigenvalue weighted by Gasteiger charge is 2.25. The highest BCUT2D eigenvalue weighted by atomic mass is 16.1. The second-order valence-electron chi connectivity index (χ2n) is 5.40. The van der Waals surface area contributed by atoms with E-state index in [0.717, 1.165) is 25.8 Å². The van der Waals surface area contributed by atoms with Crippen LogP contribution in [-0.2, 0) is 4.79 Å². The second kappa shape index (κ2) is 7.83. The van der Waals surface area contributed by atoms with Gasteiger partial charge in [0.15, 0.2) is 0 Å². The highest BCUT2D eigenvalue weighted by molar-refractivity contribution is 5.58. The summed E-state index contributed by atoms with van der Waals surface area (Å²) in [5, 5.41) is 0. The maximum atomic E-state index is 11.1. The Hall–Kier alpha value is -0.370. The number of unbranched alkanes of at least 4 members (excludes halogenated alkanes) is 2. The molecule has 0 aliphatic carbocycles. The third-order valence-electron chi connectivity index (χ3n) is 3.44. The van der Waals surface area contributed by atoms with Crippen molar-refractivity contribution in [2.24, 2.45) is 5.41 Å². The van der Waals surface area contributed by atoms with Crippen molar-refractivity contribution >= 4 is 6.29 Å². The van der Waals surface area contributed by atoms with Gasteiger partial charge < -0.3 is 4.79 Å². The fourth-order valence-electron chi connectivity index (χ4n) is 1.78. The van der Waals surface area contributed by atoms with Gasteiger partial charge in [0.2, 0.25) is 0 Å². The molecule has 0 N–H and O–H groups in total. The van der Waals surface area contributed by atoms with Crippen molar-refractivity contribution in [3.63, 3.8) is 0 Å². The molecule has 2 nitrogen and oxygen atoms in total. The average Bonchev–Trinajstić information content (AvgIpc) is 2.27. The molecule has 0 saturated carbocycles. The third-order valence-corrected chi connectivity index (χ3v) is 3.44. The molecule has 96 valence electrons. The number of hydrogen-bond donors (Lipinski definition) is 0. The smallest absolute Gasteiger partial charge is 0.127 e. The molecule has 0 rings (SSSR count). The summed E-state index contributed by atoms with van der Waals surface area (Å²) in [6.07, 6.45) is 5.83. The summed E-state index contributed by atoms with van der Waals surface area (Å²) in [4.78, 5) is 13.6. The minimum absolute atomic E-state index is 0.170. The molecule has 0 aliphatic rings. The average molecular weight is 227 g/mol. The molecular formula is C14H29NO. The van der Waals surface area contributed by atoms with E-state index in [1.807, 2.05) is 0 Å². The predicted molar refractivity (Wildman–Crippen MR) is 70.7 cm³/mol. The molecule has 1 unspecified atom stereocenters. The van der Waals surface area contributed by atoms with E-state index in [1.165, 1.54) is 19.3 Å². The Balaban J connectivity index is 4.26. The molecule has 16 heavy (non-hydrogen) atoms. The summed E-state index contributed by atoms with van der Waals surface area (Å²) >= 11 is 0. The van der Waals surface area contributed by atoms with E-state index in [2.05, 4.69) is 39.5 Å². The topological polar surface area (TPSA) is 20.3 Å². The van der Waals surface area contributed by atoms with Crippen LogP contribution < -0.4 is 0 Å². The largest absolute Gasteiger partial charge is 0.303 e. The molecule has 0 saturated heterocycles. The zero-order valence-electron chi connectivity index (χ0n) is 11.8. The Bertz CT molecular complexity index is 191. The molecule has 0 aromatic heterocycles. The van der Waals surface area contributed by atoms with Gasteiger partial charge in [-0.25, -0.2) is 0 Å². The molecule has 0 aromatic rings. The Labute approximate surface area is 101 Å². The highest BCUT2D eigenvalue weighted by Crippen LogP contribution is 2.21. The summed E-state index contributed by atoms with van der Waals surface area (Å²) in [5.74, 6) is 0. The van der Waals surface area contributed by atoms with Crippen molar-refractivity contribution in [3.05, 3.63) is 0 Å². The molecule has 0 bridgehead atoms. The number of aldehydes is 1. The minimum atomic E-state index is -0.170. The summed E-state index contributed by atoms with van der Waals surface area (Å²) in [6.45, 7) is 12.8. The van der Waals surface area contributed by atoms with Crippen LogP contribution in [0.1, 0.15) is 60.3 Å². The van der Waals surface area contributed by atoms with Crippen molar-refractivity contribution in [3.8, 4) is 0 Å². The van der Waals surface area contributed by atoms with Gasteiger partial charge in [-0.3, -0.25) is 4.90 Å². The fraction of sp³-hybridized carbons (Fsp3) is 0.929. The lowest BCUT2D eigenvalue weighted by Crippen LogP contribution is -2.41. The van der Waals surface area contributed by atoms with E-state index in [4.69, 9.17) is 0 Å². The van der Waals surface area contributed by atoms with Gasteiger partial charge in [0.25, 0.3) is 0 Å². The van der Waals surface area contributed by atoms with Crippen LogP contribution in [0.25, 0.3) is 0 Å². The third kappa shape index (κ3) is 5.64. The lowest BCUT2D eigenvalue weighted by Gasteiger charge is -2.33. The zero-order valence-corrected chi connectivity index (χ0v) is 11.8. The normalized spacial score (nSPS) is 15.4. The van der Waals surface area contributed by atoms with Gasteiger partial charge in [-0.15, -0.1) is 0 Å². The van der Waals surface area contributed by atoms with Crippen LogP contribution >= 0.6 is 0 Å². The number of carbonyl (C=O) groups is 1. The maximum absolute atomic E-state index is 11.1. The van der Waals surface area contributed by atoms with Gasteiger partial charge in [0, 0.05) is 18.0 Å². The number of rotatable bonds is 9. The molecule has 2 heteroatoms. The summed E-state index contributed by atoms with van der Waals surface area (Å²) in [7, 11) is 0. The first-order valence-corrected chi connectivity index (χ1v) is 6.69. The zero-order chi connectivity index (χ0) is 12.6. The first-order valence-electron chi connectivity index (χ1n) is 6.69. The van der Waals surface area contributed by atoms with Crippen LogP contribution in [0.2, 0.25) is 0 Å². The second-order valence-corrected chi connectivity index (χ2v) is 5.40. The van der Waals surface area contributed by atoms with E-state index in [1.54, 1.807) is 0 Å². The molecule has 0 fully saturated rings. The van der Waals surface area contributed by atoms with Crippen molar-refractivity contribution in [1.82, 2.24) is 4.90 Å². The molecule has 0 aromatic carbocycles. The van der Waals surface area contributed by atoms with E-state index in [0.29, 0.717) is 6.04 Å². The standard InChI is InChI=1S/C14H29NO/c1-6-8-9-10-15(13(3)4)11-14(5,7-2)12-16/h12-13H,6-11H2,1-5H3. The number of carbonyl (C=O) groups excluding carboxylic acids is 1. The molecule has 0 aliphatic heterocycles. The van der Waals surface area contributed by atoms with Crippen molar-refractivity contribution < 1.29 is 4.79 Å². The number of nitrogens with zero attached hydrogens (tertiary/aromatic N) is 1. The van der Waals surface area contributed by atoms with Gasteiger partial charge in [0.05, 0.1) is 0 Å². The van der Waals surface area contributed by atoms with E-state index >= 15 is 0 Å². The van der Waals surface area contributed by atoms with E-state index in [-0.39, 0.29) is 5.41 Å². The molecule has 0 radical (unpaired) electrons. The Morgan fingerprint density at radius 3 is 2.25 bits per heavy atom. The Morgan fingerprint density at radius 1 is 1.25 bits per heavy atom. The van der Waals surface area contributed by atoms with E-state index < -0.39 is 0 Å². The summed E-state index contributed by atoms with van der Waals surface area (Å²) in [5.41, 5.74) is -0.170. The van der Waals surface area contributed by atoms with Crippen molar-refractivity contribution in [1.29, 1.82) is 0 Å². The molecular weight excluding hydrogens is 198 g/mol. The summed E-state index contributed by atoms with van der Waals surface area (Å²) < 4.78 is 0. The van der Waals surface area contributed by atoms with Crippen LogP contribution in [0.4, 0.5) is 0 Å². The minimum Gasteiger partial charge on any atom is -0.303 e. The van der Waals surface area contributed by atoms with Crippen LogP contribution in [0.5, 0.6) is 0 Å². The quantitative estimate of drug-likeness (QED) is 0.444. The van der Waals surface area contributed by atoms with Gasteiger partial charge >= 0.3 is 0 Å². The predicted octanol–water partition coefficient (Wildman–Crippen LogP) is 3.50. The first-order chi connectivity index (χ1) is 7.49. The molecule has 1 atom stereocenters. The van der Waals surface area contributed by atoms with Crippen LogP contribution in [0.3, 0.4) is 0 Å². The molecule has 0 spiro atoms. The fourth-order valence-corrected chi connectivity index (χ4v) is 1.78. The van der Waals surface area contributed by atoms with Gasteiger partial charge in [-0.05, 0) is 33.2 Å². The van der Waals surface area contributed by atoms with Crippen LogP contribution in [0.15, 0.2) is 0 Å². The lowest BCUT2D eigenvalue weighted by molar-refractivity contribution is -0.116. The summed E-state index contributed by atoms with van der Waals surface area (Å²) in [6, 6.07) is 0.530. The van der Waals surface area contributed by atoms with E-state index in [9.17, 15) is 4.79 Å². The van der Waals surface area contributed by atoms with Gasteiger partial charge in [-0.2, -0.15) is 0 Å². The number of hydrogen-bond acceptors (Lipinski definition) is 2. The Kier molecular flexibility index (Phi) is 7.65. The SMILES string of the molecule is CCCCCN(CC(C)(C=O)CC)C(C)C. The van der Waals surface area contributed by atoms with Crippen LogP contribution in [0, 0.1) is 5.41 Å². The van der Waals surface area contributed by atoms with Gasteiger partial charge in [-0.1, -0.05) is 33.6 Å². The monoisotopic (exact) mass is 227 g/mol. The molecule has 0 amide bonds. The van der Waals surface area contributed by atoms with Crippen LogP contribution in [-0.4, -0.2) is 30.3 Å². The van der Waals surface area contributed by atoms with Crippen molar-refractivity contribution in [2.45, 2.75) is 66.3 Å². The first kappa shape index (κ1) is 15.6. The lowest BCUT2D eigenvalue weighted by atomic mass is 9.88. The van der Waals surface area contributed by atoms with Gasteiger partial charge in [0.1, 0.15) is 6.29 Å². The maximum Gasteiger partial charge on any atom is 0.127 e. The Morgan fingerprint density at radius 2 is 1.88 bits per heavy atom. The van der Waals surface area contributed by atoms with Crippen molar-refractivity contribution in [2.75, 3.05) is 13.1 Å². The molecule has 0 heterocycles.